The van der Waals surface area contributed by atoms with E-state index in [0.717, 1.165) is 10.9 Å². The van der Waals surface area contributed by atoms with Crippen LogP contribution >= 0.6 is 0 Å². The van der Waals surface area contributed by atoms with Crippen LogP contribution in [0.15, 0.2) is 24.3 Å². The normalized spacial score (nSPS) is 10.3. The minimum Gasteiger partial charge on any atom is -0.392 e. The van der Waals surface area contributed by atoms with Gasteiger partial charge < -0.3 is 10.1 Å². The summed E-state index contributed by atoms with van der Waals surface area (Å²) in [6.45, 7) is -0.258. The number of H-pyrrole nitrogens is 1. The lowest BCUT2D eigenvalue weighted by atomic mass is 10.1. The second-order valence-electron chi connectivity index (χ2n) is 3.27. The van der Waals surface area contributed by atoms with Gasteiger partial charge >= 0.3 is 0 Å². The first-order chi connectivity index (χ1) is 7.77. The van der Waals surface area contributed by atoms with Crippen molar-refractivity contribution in [2.45, 2.75) is 6.61 Å². The lowest BCUT2D eigenvalue weighted by Crippen LogP contribution is -2.22. The number of carbonyl (C=O) groups excluding carboxylic acids is 2. The number of hydrogen-bond acceptors (Lipinski definition) is 3. The topological polar surface area (TPSA) is 82.2 Å². The second-order valence-corrected chi connectivity index (χ2v) is 3.27. The number of aliphatic hydroxyl groups excluding tert-OH is 1. The highest BCUT2D eigenvalue weighted by Gasteiger charge is 2.16. The number of nitrogens with one attached hydrogen (secondary N) is 2. The van der Waals surface area contributed by atoms with Gasteiger partial charge in [0.1, 0.15) is 5.69 Å². The summed E-state index contributed by atoms with van der Waals surface area (Å²) >= 11 is 0. The van der Waals surface area contributed by atoms with Crippen LogP contribution < -0.4 is 5.32 Å². The Hall–Kier alpha value is -2.14. The number of aromatic nitrogens is 1. The number of imide groups is 1. The molecule has 0 saturated heterocycles. The smallest absolute Gasteiger partial charge is 0.274 e. The van der Waals surface area contributed by atoms with Gasteiger partial charge in [0.2, 0.25) is 6.41 Å². The molecule has 1 aromatic heterocycles. The Bertz CT molecular complexity index is 545. The van der Waals surface area contributed by atoms with E-state index in [0.29, 0.717) is 12.0 Å². The van der Waals surface area contributed by atoms with Crippen molar-refractivity contribution in [3.8, 4) is 0 Å². The number of fused-ring (bicyclic) bond motifs is 1. The van der Waals surface area contributed by atoms with Gasteiger partial charge in [0.05, 0.1) is 6.61 Å². The van der Waals surface area contributed by atoms with Crippen LogP contribution in [0.4, 0.5) is 0 Å². The van der Waals surface area contributed by atoms with Gasteiger partial charge in [0.15, 0.2) is 0 Å². The largest absolute Gasteiger partial charge is 0.392 e. The fourth-order valence-corrected chi connectivity index (χ4v) is 1.68. The zero-order valence-corrected chi connectivity index (χ0v) is 8.36. The van der Waals surface area contributed by atoms with Crippen molar-refractivity contribution in [1.29, 1.82) is 0 Å². The molecule has 0 atom stereocenters. The van der Waals surface area contributed by atoms with E-state index < -0.39 is 5.91 Å². The Labute approximate surface area is 91.1 Å². The third kappa shape index (κ3) is 1.57. The molecule has 5 nitrogen and oxygen atoms in total. The maximum absolute atomic E-state index is 11.5. The first kappa shape index (κ1) is 10.4. The summed E-state index contributed by atoms with van der Waals surface area (Å²) in [4.78, 5) is 24.6. The molecular weight excluding hydrogens is 208 g/mol. The molecule has 2 rings (SSSR count). The predicted molar refractivity (Wildman–Crippen MR) is 57.8 cm³/mol. The van der Waals surface area contributed by atoms with Gasteiger partial charge in [-0.25, -0.2) is 0 Å². The molecule has 2 amide bonds. The molecule has 0 saturated carbocycles. The Morgan fingerprint density at radius 2 is 2.19 bits per heavy atom. The molecule has 0 aliphatic carbocycles. The zero-order chi connectivity index (χ0) is 11.5. The van der Waals surface area contributed by atoms with E-state index in [-0.39, 0.29) is 12.3 Å². The molecule has 5 heteroatoms. The molecule has 2 aromatic rings. The number of aliphatic hydroxyl groups is 1. The fraction of sp³-hybridized carbons (Fsp3) is 0.0909. The quantitative estimate of drug-likeness (QED) is 0.658. The van der Waals surface area contributed by atoms with E-state index in [1.165, 1.54) is 0 Å². The highest BCUT2D eigenvalue weighted by atomic mass is 16.3. The summed E-state index contributed by atoms with van der Waals surface area (Å²) in [5, 5.41) is 12.0. The third-order valence-corrected chi connectivity index (χ3v) is 2.39. The van der Waals surface area contributed by atoms with E-state index >= 15 is 0 Å². The lowest BCUT2D eigenvalue weighted by Gasteiger charge is -1.98. The van der Waals surface area contributed by atoms with E-state index in [1.807, 2.05) is 17.4 Å². The molecule has 1 aromatic carbocycles. The average Bonchev–Trinajstić information content (AvgIpc) is 2.67. The molecule has 0 unspecified atom stereocenters. The summed E-state index contributed by atoms with van der Waals surface area (Å²) in [6.07, 6.45) is 0.314. The van der Waals surface area contributed by atoms with Crippen LogP contribution in [0, 0.1) is 0 Å². The molecular formula is C11H10N2O3. The minimum absolute atomic E-state index is 0.218. The summed E-state index contributed by atoms with van der Waals surface area (Å²) in [7, 11) is 0. The van der Waals surface area contributed by atoms with Crippen molar-refractivity contribution >= 4 is 23.2 Å². The summed E-state index contributed by atoms with van der Waals surface area (Å²) in [5.41, 5.74) is 1.47. The van der Waals surface area contributed by atoms with E-state index in [9.17, 15) is 14.7 Å². The molecule has 0 fully saturated rings. The van der Waals surface area contributed by atoms with Crippen molar-refractivity contribution in [3.63, 3.8) is 0 Å². The lowest BCUT2D eigenvalue weighted by molar-refractivity contribution is -0.108. The number of benzene rings is 1. The van der Waals surface area contributed by atoms with Gasteiger partial charge in [-0.3, -0.25) is 14.9 Å². The van der Waals surface area contributed by atoms with Crippen LogP contribution in [-0.2, 0) is 11.4 Å². The minimum atomic E-state index is -0.546. The third-order valence-electron chi connectivity index (χ3n) is 2.39. The van der Waals surface area contributed by atoms with Crippen molar-refractivity contribution < 1.29 is 14.7 Å². The summed E-state index contributed by atoms with van der Waals surface area (Å²) in [5.74, 6) is -0.546. The van der Waals surface area contributed by atoms with Crippen LogP contribution in [0.3, 0.4) is 0 Å². The standard InChI is InChI=1S/C11H10N2O3/c14-5-8-7-3-1-2-4-9(7)13-10(8)11(16)12-6-15/h1-4,6,13-14H,5H2,(H,12,15,16). The number of carbonyl (C=O) groups is 2. The highest BCUT2D eigenvalue weighted by molar-refractivity contribution is 6.04. The molecule has 1 heterocycles. The number of para-hydroxylation sites is 1. The van der Waals surface area contributed by atoms with E-state index in [1.54, 1.807) is 12.1 Å². The predicted octanol–water partition coefficient (Wildman–Crippen LogP) is 0.546. The second kappa shape index (κ2) is 4.16. The SMILES string of the molecule is O=CNC(=O)c1[nH]c2ccccc2c1CO. The molecule has 3 N–H and O–H groups in total. The zero-order valence-electron chi connectivity index (χ0n) is 8.36. The van der Waals surface area contributed by atoms with Gasteiger partial charge in [-0.15, -0.1) is 0 Å². The number of aromatic amines is 1. The molecule has 0 radical (unpaired) electrons. The maximum atomic E-state index is 11.5. The van der Waals surface area contributed by atoms with Crippen LogP contribution in [0.1, 0.15) is 16.1 Å². The van der Waals surface area contributed by atoms with Crippen molar-refractivity contribution in [3.05, 3.63) is 35.5 Å². The Morgan fingerprint density at radius 3 is 2.88 bits per heavy atom. The Morgan fingerprint density at radius 1 is 1.44 bits per heavy atom. The van der Waals surface area contributed by atoms with Gasteiger partial charge in [-0.05, 0) is 6.07 Å². The summed E-state index contributed by atoms with van der Waals surface area (Å²) < 4.78 is 0. The number of hydrogen-bond donors (Lipinski definition) is 3. The molecule has 0 aliphatic heterocycles. The molecule has 82 valence electrons. The van der Waals surface area contributed by atoms with Crippen LogP contribution in [-0.4, -0.2) is 22.4 Å². The van der Waals surface area contributed by atoms with Gasteiger partial charge in [0.25, 0.3) is 5.91 Å². The van der Waals surface area contributed by atoms with Gasteiger partial charge in [-0.2, -0.15) is 0 Å². The molecule has 0 spiro atoms. The fourth-order valence-electron chi connectivity index (χ4n) is 1.68. The van der Waals surface area contributed by atoms with Crippen LogP contribution in [0.5, 0.6) is 0 Å². The van der Waals surface area contributed by atoms with Crippen LogP contribution in [0.25, 0.3) is 10.9 Å². The van der Waals surface area contributed by atoms with Crippen LogP contribution in [0.2, 0.25) is 0 Å². The summed E-state index contributed by atoms with van der Waals surface area (Å²) in [6, 6.07) is 7.24. The molecule has 16 heavy (non-hydrogen) atoms. The van der Waals surface area contributed by atoms with E-state index in [2.05, 4.69) is 4.98 Å². The Balaban J connectivity index is 2.60. The van der Waals surface area contributed by atoms with E-state index in [4.69, 9.17) is 0 Å². The highest BCUT2D eigenvalue weighted by Crippen LogP contribution is 2.22. The van der Waals surface area contributed by atoms with Gasteiger partial charge in [0, 0.05) is 16.5 Å². The van der Waals surface area contributed by atoms with Gasteiger partial charge in [-0.1, -0.05) is 18.2 Å². The van der Waals surface area contributed by atoms with Crippen molar-refractivity contribution in [2.75, 3.05) is 0 Å². The average molecular weight is 218 g/mol. The number of amides is 2. The first-order valence-electron chi connectivity index (χ1n) is 4.73. The Kier molecular flexibility index (Phi) is 2.70. The molecule has 0 aliphatic rings. The van der Waals surface area contributed by atoms with Crippen molar-refractivity contribution in [2.24, 2.45) is 0 Å². The number of rotatable bonds is 3. The first-order valence-corrected chi connectivity index (χ1v) is 4.73. The monoisotopic (exact) mass is 218 g/mol. The maximum Gasteiger partial charge on any atom is 0.274 e. The van der Waals surface area contributed by atoms with Crippen molar-refractivity contribution in [1.82, 2.24) is 10.3 Å². The molecule has 0 bridgehead atoms.